The van der Waals surface area contributed by atoms with Gasteiger partial charge in [-0.3, -0.25) is 14.4 Å². The Balaban J connectivity index is 1.62. The van der Waals surface area contributed by atoms with E-state index in [1.165, 1.54) is 6.42 Å². The molecule has 3 rings (SSSR count). The van der Waals surface area contributed by atoms with Gasteiger partial charge in [0.1, 0.15) is 0 Å². The van der Waals surface area contributed by atoms with Crippen molar-refractivity contribution in [1.82, 2.24) is 15.5 Å². The third-order valence-corrected chi connectivity index (χ3v) is 6.03. The fraction of sp³-hybridized carbons (Fsp3) is 0.591. The van der Waals surface area contributed by atoms with E-state index in [-0.39, 0.29) is 29.4 Å². The molecule has 152 valence electrons. The first-order valence-corrected chi connectivity index (χ1v) is 10.3. The van der Waals surface area contributed by atoms with Crippen LogP contribution in [0.5, 0.6) is 0 Å². The van der Waals surface area contributed by atoms with E-state index < -0.39 is 6.04 Å². The lowest BCUT2D eigenvalue weighted by Gasteiger charge is -2.39. The molecule has 1 aliphatic carbocycles. The van der Waals surface area contributed by atoms with Crippen molar-refractivity contribution in [1.29, 1.82) is 0 Å². The normalized spacial score (nSPS) is 19.0. The number of rotatable bonds is 7. The molecule has 1 saturated heterocycles. The van der Waals surface area contributed by atoms with E-state index in [9.17, 15) is 14.4 Å². The number of hydrogen-bond donors (Lipinski definition) is 2. The molecule has 28 heavy (non-hydrogen) atoms. The molecule has 0 aromatic heterocycles. The van der Waals surface area contributed by atoms with Crippen LogP contribution >= 0.6 is 0 Å². The minimum absolute atomic E-state index is 0.0362. The zero-order chi connectivity index (χ0) is 20.1. The number of carbonyl (C=O) groups is 3. The standard InChI is InChI=1S/C22H31N3O3/c1-15(26)21(16-7-4-3-5-8-16)24-22(28)18-10-6-9-17(11-18)19-13-25(14-19)20(27)12-23-2/h6,9-11,16,19,21,23H,3-5,7-8,12-14H2,1-2H3,(H,24,28)/t21-/m0/s1. The largest absolute Gasteiger partial charge is 0.342 e. The average Bonchev–Trinajstić information content (AvgIpc) is 2.65. The molecule has 6 nitrogen and oxygen atoms in total. The summed E-state index contributed by atoms with van der Waals surface area (Å²) in [5.41, 5.74) is 1.65. The molecular formula is C22H31N3O3. The molecule has 1 aliphatic heterocycles. The molecule has 1 saturated carbocycles. The predicted molar refractivity (Wildman–Crippen MR) is 108 cm³/mol. The summed E-state index contributed by atoms with van der Waals surface area (Å²) in [4.78, 5) is 38.6. The van der Waals surface area contributed by atoms with Gasteiger partial charge in [0.05, 0.1) is 12.6 Å². The molecule has 1 atom stereocenters. The molecule has 1 heterocycles. The van der Waals surface area contributed by atoms with Crippen LogP contribution in [0.15, 0.2) is 24.3 Å². The van der Waals surface area contributed by atoms with Crippen molar-refractivity contribution in [2.24, 2.45) is 5.92 Å². The third-order valence-electron chi connectivity index (χ3n) is 6.03. The second-order valence-corrected chi connectivity index (χ2v) is 8.11. The predicted octanol–water partition coefficient (Wildman–Crippen LogP) is 2.10. The van der Waals surface area contributed by atoms with Crippen LogP contribution in [-0.4, -0.2) is 55.2 Å². The second-order valence-electron chi connectivity index (χ2n) is 8.11. The lowest BCUT2D eigenvalue weighted by atomic mass is 9.82. The lowest BCUT2D eigenvalue weighted by molar-refractivity contribution is -0.134. The van der Waals surface area contributed by atoms with Crippen LogP contribution in [-0.2, 0) is 9.59 Å². The lowest BCUT2D eigenvalue weighted by Crippen LogP contribution is -2.51. The van der Waals surface area contributed by atoms with Crippen LogP contribution in [0.1, 0.15) is 60.9 Å². The van der Waals surface area contributed by atoms with Crippen molar-refractivity contribution in [3.8, 4) is 0 Å². The molecule has 2 aliphatic rings. The van der Waals surface area contributed by atoms with Crippen LogP contribution < -0.4 is 10.6 Å². The molecule has 2 N–H and O–H groups in total. The summed E-state index contributed by atoms with van der Waals surface area (Å²) in [6.07, 6.45) is 5.48. The summed E-state index contributed by atoms with van der Waals surface area (Å²) in [6, 6.07) is 7.18. The van der Waals surface area contributed by atoms with Crippen molar-refractivity contribution >= 4 is 17.6 Å². The van der Waals surface area contributed by atoms with E-state index >= 15 is 0 Å². The maximum Gasteiger partial charge on any atom is 0.251 e. The van der Waals surface area contributed by atoms with Crippen molar-refractivity contribution in [2.75, 3.05) is 26.7 Å². The monoisotopic (exact) mass is 385 g/mol. The van der Waals surface area contributed by atoms with Crippen molar-refractivity contribution in [2.45, 2.75) is 51.0 Å². The molecule has 0 radical (unpaired) electrons. The van der Waals surface area contributed by atoms with Gasteiger partial charge in [-0.15, -0.1) is 0 Å². The first kappa shape index (κ1) is 20.5. The number of likely N-dealkylation sites (tertiary alicyclic amines) is 1. The molecule has 0 bridgehead atoms. The molecule has 0 unspecified atom stereocenters. The Morgan fingerprint density at radius 2 is 1.86 bits per heavy atom. The van der Waals surface area contributed by atoms with E-state index in [1.54, 1.807) is 20.0 Å². The van der Waals surface area contributed by atoms with E-state index in [2.05, 4.69) is 10.6 Å². The molecule has 1 aromatic rings. The minimum Gasteiger partial charge on any atom is -0.342 e. The zero-order valence-corrected chi connectivity index (χ0v) is 16.9. The summed E-state index contributed by atoms with van der Waals surface area (Å²) in [5.74, 6) is 0.459. The SMILES string of the molecule is CNCC(=O)N1CC(c2cccc(C(=O)N[C@@H](C(C)=O)C3CCCCC3)c2)C1. The Hall–Kier alpha value is -2.21. The first-order valence-electron chi connectivity index (χ1n) is 10.3. The summed E-state index contributed by atoms with van der Waals surface area (Å²) < 4.78 is 0. The summed E-state index contributed by atoms with van der Waals surface area (Å²) in [7, 11) is 1.76. The summed E-state index contributed by atoms with van der Waals surface area (Å²) in [5, 5.41) is 5.86. The highest BCUT2D eigenvalue weighted by Gasteiger charge is 2.32. The number of benzene rings is 1. The van der Waals surface area contributed by atoms with Gasteiger partial charge >= 0.3 is 0 Å². The van der Waals surface area contributed by atoms with E-state index in [1.807, 2.05) is 23.1 Å². The molecule has 1 aromatic carbocycles. The molecule has 0 spiro atoms. The molecule has 2 fully saturated rings. The molecule has 2 amide bonds. The van der Waals surface area contributed by atoms with Gasteiger partial charge in [0.2, 0.25) is 5.91 Å². The van der Waals surface area contributed by atoms with Gasteiger partial charge in [0, 0.05) is 24.6 Å². The number of carbonyl (C=O) groups excluding carboxylic acids is 3. The fourth-order valence-corrected chi connectivity index (χ4v) is 4.33. The topological polar surface area (TPSA) is 78.5 Å². The highest BCUT2D eigenvalue weighted by molar-refractivity contribution is 5.97. The van der Waals surface area contributed by atoms with Gasteiger partial charge in [-0.2, -0.15) is 0 Å². The summed E-state index contributed by atoms with van der Waals surface area (Å²) >= 11 is 0. The Bertz CT molecular complexity index is 721. The minimum atomic E-state index is -0.394. The number of nitrogens with one attached hydrogen (secondary N) is 2. The van der Waals surface area contributed by atoms with Crippen LogP contribution in [0.3, 0.4) is 0 Å². The maximum atomic E-state index is 12.8. The Morgan fingerprint density at radius 1 is 1.14 bits per heavy atom. The number of Topliss-reactive ketones (excluding diaryl/α,β-unsaturated/α-hetero) is 1. The van der Waals surface area contributed by atoms with Crippen LogP contribution in [0.25, 0.3) is 0 Å². The number of ketones is 1. The number of nitrogens with zero attached hydrogens (tertiary/aromatic N) is 1. The highest BCUT2D eigenvalue weighted by Crippen LogP contribution is 2.29. The highest BCUT2D eigenvalue weighted by atomic mass is 16.2. The Morgan fingerprint density at radius 3 is 2.50 bits per heavy atom. The fourth-order valence-electron chi connectivity index (χ4n) is 4.33. The second kappa shape index (κ2) is 9.32. The van der Waals surface area contributed by atoms with Gasteiger partial charge in [0.25, 0.3) is 5.91 Å². The van der Waals surface area contributed by atoms with E-state index in [0.717, 1.165) is 31.2 Å². The Kier molecular flexibility index (Phi) is 6.83. The van der Waals surface area contributed by atoms with Crippen LogP contribution in [0.4, 0.5) is 0 Å². The van der Waals surface area contributed by atoms with Gasteiger partial charge in [-0.25, -0.2) is 0 Å². The van der Waals surface area contributed by atoms with Gasteiger partial charge in [-0.05, 0) is 50.4 Å². The quantitative estimate of drug-likeness (QED) is 0.753. The van der Waals surface area contributed by atoms with E-state index in [0.29, 0.717) is 25.2 Å². The number of amides is 2. The average molecular weight is 386 g/mol. The van der Waals surface area contributed by atoms with Gasteiger partial charge in [0.15, 0.2) is 5.78 Å². The smallest absolute Gasteiger partial charge is 0.251 e. The van der Waals surface area contributed by atoms with Gasteiger partial charge in [-0.1, -0.05) is 31.4 Å². The molecular weight excluding hydrogens is 354 g/mol. The number of hydrogen-bond acceptors (Lipinski definition) is 4. The first-order chi connectivity index (χ1) is 13.5. The Labute approximate surface area is 167 Å². The molecule has 6 heteroatoms. The summed E-state index contributed by atoms with van der Waals surface area (Å²) in [6.45, 7) is 3.29. The van der Waals surface area contributed by atoms with Crippen molar-refractivity contribution < 1.29 is 14.4 Å². The maximum absolute atomic E-state index is 12.8. The third kappa shape index (κ3) is 4.79. The number of likely N-dealkylation sites (N-methyl/N-ethyl adjacent to an activating group) is 1. The van der Waals surface area contributed by atoms with Gasteiger partial charge < -0.3 is 15.5 Å². The van der Waals surface area contributed by atoms with Crippen molar-refractivity contribution in [3.63, 3.8) is 0 Å². The zero-order valence-electron chi connectivity index (χ0n) is 16.9. The van der Waals surface area contributed by atoms with E-state index in [4.69, 9.17) is 0 Å². The van der Waals surface area contributed by atoms with Crippen LogP contribution in [0, 0.1) is 5.92 Å². The van der Waals surface area contributed by atoms with Crippen molar-refractivity contribution in [3.05, 3.63) is 35.4 Å². The van der Waals surface area contributed by atoms with Crippen LogP contribution in [0.2, 0.25) is 0 Å².